The van der Waals surface area contributed by atoms with Gasteiger partial charge in [-0.15, -0.1) is 0 Å². The van der Waals surface area contributed by atoms with Crippen LogP contribution in [0.25, 0.3) is 11.2 Å². The molecule has 1 aromatic carbocycles. The highest BCUT2D eigenvalue weighted by Crippen LogP contribution is 2.33. The van der Waals surface area contributed by atoms with Gasteiger partial charge in [-0.1, -0.05) is 25.0 Å². The van der Waals surface area contributed by atoms with E-state index in [1.807, 2.05) is 18.5 Å². The molecule has 3 aromatic rings. The molecule has 0 unspecified atom stereocenters. The molecule has 1 saturated heterocycles. The van der Waals surface area contributed by atoms with Crippen LogP contribution in [0.15, 0.2) is 30.6 Å². The predicted octanol–water partition coefficient (Wildman–Crippen LogP) is 2.41. The molecule has 1 aliphatic heterocycles. The van der Waals surface area contributed by atoms with E-state index in [0.717, 1.165) is 57.0 Å². The molecule has 1 aliphatic carbocycles. The topological polar surface area (TPSA) is 123 Å². The summed E-state index contributed by atoms with van der Waals surface area (Å²) in [6, 6.07) is 8.74. The van der Waals surface area contributed by atoms with Crippen molar-refractivity contribution in [2.24, 2.45) is 5.73 Å². The number of amides is 1. The monoisotopic (exact) mass is 450 g/mol. The Kier molecular flexibility index (Phi) is 6.36. The first kappa shape index (κ1) is 21.6. The molecule has 2 fully saturated rings. The van der Waals surface area contributed by atoms with Crippen molar-refractivity contribution in [3.63, 3.8) is 0 Å². The van der Waals surface area contributed by atoms with Gasteiger partial charge in [0, 0.05) is 31.4 Å². The van der Waals surface area contributed by atoms with Crippen LogP contribution in [0.5, 0.6) is 0 Å². The number of nitrogens with zero attached hydrogens (tertiary/aromatic N) is 5. The largest absolute Gasteiger partial charge is 0.379 e. The van der Waals surface area contributed by atoms with E-state index in [1.54, 1.807) is 0 Å². The molecule has 0 bridgehead atoms. The van der Waals surface area contributed by atoms with Crippen LogP contribution in [0, 0.1) is 0 Å². The smallest absolute Gasteiger partial charge is 0.236 e. The number of hydrogen-bond donors (Lipinski definition) is 3. The van der Waals surface area contributed by atoms with E-state index in [2.05, 4.69) is 47.2 Å². The van der Waals surface area contributed by atoms with Gasteiger partial charge >= 0.3 is 0 Å². The van der Waals surface area contributed by atoms with Gasteiger partial charge in [-0.25, -0.2) is 4.98 Å². The molecule has 0 spiro atoms. The standard InChI is InChI=1S/C23H30N8O2/c24-19(32)13-25-23-28-21(20-22(29-23)31(15-26-20)18-3-1-2-4-18)27-17-7-5-16(6-8-17)14-30-9-11-33-12-10-30/h5-8,15,18H,1-4,9-14H2,(H2,24,32)(H2,25,27,28,29). The van der Waals surface area contributed by atoms with E-state index < -0.39 is 5.91 Å². The summed E-state index contributed by atoms with van der Waals surface area (Å²) in [6.07, 6.45) is 6.51. The van der Waals surface area contributed by atoms with Crippen LogP contribution in [-0.4, -0.2) is 63.2 Å². The first-order chi connectivity index (χ1) is 16.2. The third-order valence-electron chi connectivity index (χ3n) is 6.29. The first-order valence-electron chi connectivity index (χ1n) is 11.6. The van der Waals surface area contributed by atoms with Crippen LogP contribution in [0.1, 0.15) is 37.3 Å². The van der Waals surface area contributed by atoms with Gasteiger partial charge in [0.1, 0.15) is 0 Å². The normalized spacial score (nSPS) is 17.5. The lowest BCUT2D eigenvalue weighted by Crippen LogP contribution is -2.35. The second-order valence-electron chi connectivity index (χ2n) is 8.69. The molecule has 10 nitrogen and oxygen atoms in total. The van der Waals surface area contributed by atoms with Gasteiger partial charge in [-0.05, 0) is 30.5 Å². The lowest BCUT2D eigenvalue weighted by molar-refractivity contribution is -0.116. The first-order valence-corrected chi connectivity index (χ1v) is 11.6. The van der Waals surface area contributed by atoms with Crippen LogP contribution in [0.3, 0.4) is 0 Å². The number of aromatic nitrogens is 4. The average molecular weight is 451 g/mol. The number of benzene rings is 1. The van der Waals surface area contributed by atoms with Crippen LogP contribution in [0.2, 0.25) is 0 Å². The van der Waals surface area contributed by atoms with Crippen molar-refractivity contribution in [3.8, 4) is 0 Å². The Hall–Kier alpha value is -3.24. The molecule has 0 atom stereocenters. The Balaban J connectivity index is 1.39. The fourth-order valence-electron chi connectivity index (χ4n) is 4.55. The highest BCUT2D eigenvalue weighted by Gasteiger charge is 2.22. The highest BCUT2D eigenvalue weighted by atomic mass is 16.5. The average Bonchev–Trinajstić information content (AvgIpc) is 3.50. The SMILES string of the molecule is NC(=O)CNc1nc(Nc2ccc(CN3CCOCC3)cc2)c2ncn(C3CCCC3)c2n1. The second-order valence-corrected chi connectivity index (χ2v) is 8.69. The molecule has 33 heavy (non-hydrogen) atoms. The quantitative estimate of drug-likeness (QED) is 0.478. The number of ether oxygens (including phenoxy) is 1. The lowest BCUT2D eigenvalue weighted by atomic mass is 10.2. The molecule has 174 valence electrons. The Morgan fingerprint density at radius 1 is 1.12 bits per heavy atom. The summed E-state index contributed by atoms with van der Waals surface area (Å²) >= 11 is 0. The van der Waals surface area contributed by atoms with Crippen LogP contribution >= 0.6 is 0 Å². The third kappa shape index (κ3) is 5.07. The Bertz CT molecular complexity index is 1100. The second kappa shape index (κ2) is 9.72. The number of primary amides is 1. The van der Waals surface area contributed by atoms with Crippen LogP contribution < -0.4 is 16.4 Å². The number of nitrogens with two attached hydrogens (primary N) is 1. The number of hydrogen-bond acceptors (Lipinski definition) is 8. The van der Waals surface area contributed by atoms with Crippen molar-refractivity contribution in [1.82, 2.24) is 24.4 Å². The van der Waals surface area contributed by atoms with Gasteiger partial charge in [0.05, 0.1) is 26.1 Å². The third-order valence-corrected chi connectivity index (χ3v) is 6.29. The minimum Gasteiger partial charge on any atom is -0.379 e. The van der Waals surface area contributed by atoms with E-state index in [-0.39, 0.29) is 6.54 Å². The zero-order valence-corrected chi connectivity index (χ0v) is 18.7. The van der Waals surface area contributed by atoms with E-state index in [4.69, 9.17) is 10.5 Å². The van der Waals surface area contributed by atoms with E-state index in [1.165, 1.54) is 18.4 Å². The molecule has 0 radical (unpaired) electrons. The summed E-state index contributed by atoms with van der Waals surface area (Å²) in [5, 5.41) is 6.32. The highest BCUT2D eigenvalue weighted by molar-refractivity contribution is 5.87. The van der Waals surface area contributed by atoms with Crippen molar-refractivity contribution < 1.29 is 9.53 Å². The van der Waals surface area contributed by atoms with Gasteiger partial charge < -0.3 is 25.7 Å². The molecule has 3 heterocycles. The predicted molar refractivity (Wildman–Crippen MR) is 126 cm³/mol. The van der Waals surface area contributed by atoms with Crippen molar-refractivity contribution in [2.75, 3.05) is 43.5 Å². The van der Waals surface area contributed by atoms with Crippen molar-refractivity contribution >= 4 is 34.5 Å². The zero-order valence-electron chi connectivity index (χ0n) is 18.7. The molecular weight excluding hydrogens is 420 g/mol. The summed E-state index contributed by atoms with van der Waals surface area (Å²) in [4.78, 5) is 27.5. The minimum atomic E-state index is -0.464. The lowest BCUT2D eigenvalue weighted by Gasteiger charge is -2.26. The molecule has 2 aromatic heterocycles. The van der Waals surface area contributed by atoms with Crippen molar-refractivity contribution in [3.05, 3.63) is 36.2 Å². The van der Waals surface area contributed by atoms with Gasteiger partial charge in [0.2, 0.25) is 11.9 Å². The number of imidazole rings is 1. The number of fused-ring (bicyclic) bond motifs is 1. The minimum absolute atomic E-state index is 0.0290. The summed E-state index contributed by atoms with van der Waals surface area (Å²) in [5.41, 5.74) is 8.94. The summed E-state index contributed by atoms with van der Waals surface area (Å²) in [7, 11) is 0. The number of rotatable bonds is 8. The maximum Gasteiger partial charge on any atom is 0.236 e. The Morgan fingerprint density at radius 3 is 2.61 bits per heavy atom. The molecule has 1 saturated carbocycles. The zero-order chi connectivity index (χ0) is 22.6. The van der Waals surface area contributed by atoms with Crippen molar-refractivity contribution in [2.45, 2.75) is 38.3 Å². The van der Waals surface area contributed by atoms with E-state index in [0.29, 0.717) is 23.3 Å². The molecule has 5 rings (SSSR count). The van der Waals surface area contributed by atoms with E-state index in [9.17, 15) is 4.79 Å². The Labute approximate surface area is 192 Å². The van der Waals surface area contributed by atoms with Crippen molar-refractivity contribution in [1.29, 1.82) is 0 Å². The summed E-state index contributed by atoms with van der Waals surface area (Å²) in [5.74, 6) is 0.491. The van der Waals surface area contributed by atoms with Gasteiger partial charge in [0.25, 0.3) is 0 Å². The molecule has 4 N–H and O–H groups in total. The molecule has 10 heteroatoms. The number of anilines is 3. The number of carbonyl (C=O) groups is 1. The van der Waals surface area contributed by atoms with Gasteiger partial charge in [-0.2, -0.15) is 9.97 Å². The van der Waals surface area contributed by atoms with Gasteiger partial charge in [0.15, 0.2) is 17.0 Å². The number of morpholine rings is 1. The van der Waals surface area contributed by atoms with Crippen LogP contribution in [0.4, 0.5) is 17.5 Å². The fourth-order valence-corrected chi connectivity index (χ4v) is 4.55. The van der Waals surface area contributed by atoms with E-state index >= 15 is 0 Å². The fraction of sp³-hybridized carbons (Fsp3) is 0.478. The van der Waals surface area contributed by atoms with Gasteiger partial charge in [-0.3, -0.25) is 9.69 Å². The molecule has 1 amide bonds. The van der Waals surface area contributed by atoms with Crippen LogP contribution in [-0.2, 0) is 16.1 Å². The number of carbonyl (C=O) groups excluding carboxylic acids is 1. The molecular formula is C23H30N8O2. The maximum atomic E-state index is 11.3. The Morgan fingerprint density at radius 2 is 1.88 bits per heavy atom. The summed E-state index contributed by atoms with van der Waals surface area (Å²) in [6.45, 7) is 4.40. The maximum absolute atomic E-state index is 11.3. The summed E-state index contributed by atoms with van der Waals surface area (Å²) < 4.78 is 7.57. The number of nitrogens with one attached hydrogen (secondary N) is 2. The molecule has 2 aliphatic rings.